The number of aromatic amines is 1. The number of nitrogens with one attached hydrogen (secondary N) is 2. The molecule has 0 aliphatic heterocycles. The van der Waals surface area contributed by atoms with Crippen molar-refractivity contribution in [2.75, 3.05) is 11.9 Å². The number of carbonyl (C=O) groups excluding carboxylic acids is 2. The van der Waals surface area contributed by atoms with Gasteiger partial charge in [-0.3, -0.25) is 19.7 Å². The summed E-state index contributed by atoms with van der Waals surface area (Å²) < 4.78 is 5.15. The summed E-state index contributed by atoms with van der Waals surface area (Å²) >= 11 is 7.28. The molecule has 0 spiro atoms. The van der Waals surface area contributed by atoms with E-state index in [1.807, 2.05) is 6.92 Å². The lowest BCUT2D eigenvalue weighted by Crippen LogP contribution is -2.34. The molecule has 0 aliphatic carbocycles. The van der Waals surface area contributed by atoms with Crippen LogP contribution in [0.4, 0.5) is 5.13 Å². The number of nitrogens with zero attached hydrogens (tertiary/aromatic N) is 3. The van der Waals surface area contributed by atoms with E-state index in [1.165, 1.54) is 17.6 Å². The Morgan fingerprint density at radius 2 is 2.09 bits per heavy atom. The second kappa shape index (κ2) is 10.2. The van der Waals surface area contributed by atoms with E-state index in [2.05, 4.69) is 20.3 Å². The Labute approximate surface area is 203 Å². The molecule has 0 bridgehead atoms. The van der Waals surface area contributed by atoms with Crippen LogP contribution in [-0.4, -0.2) is 38.2 Å². The van der Waals surface area contributed by atoms with Crippen LogP contribution in [0.1, 0.15) is 41.0 Å². The molecule has 0 saturated carbocycles. The van der Waals surface area contributed by atoms with Crippen LogP contribution < -0.4 is 10.9 Å². The monoisotopic (exact) mass is 499 g/mol. The van der Waals surface area contributed by atoms with Crippen molar-refractivity contribution in [1.29, 1.82) is 0 Å². The number of H-pyrrole nitrogens is 1. The summed E-state index contributed by atoms with van der Waals surface area (Å²) in [4.78, 5) is 51.0. The number of anilines is 1. The number of aryl methyl sites for hydroxylation is 1. The maximum Gasteiger partial charge on any atom is 0.260 e. The molecule has 0 fully saturated rings. The zero-order valence-corrected chi connectivity index (χ0v) is 20.1. The highest BCUT2D eigenvalue weighted by molar-refractivity contribution is 7.14. The number of furan rings is 1. The molecule has 0 radical (unpaired) electrons. The largest absolute Gasteiger partial charge is 0.469 e. The number of aromatic nitrogens is 3. The van der Waals surface area contributed by atoms with E-state index in [9.17, 15) is 14.4 Å². The second-order valence-electron chi connectivity index (χ2n) is 7.65. The van der Waals surface area contributed by atoms with E-state index < -0.39 is 0 Å². The van der Waals surface area contributed by atoms with E-state index in [-0.39, 0.29) is 30.3 Å². The molecule has 11 heteroatoms. The van der Waals surface area contributed by atoms with Gasteiger partial charge in [-0.05, 0) is 37.6 Å². The van der Waals surface area contributed by atoms with E-state index in [4.69, 9.17) is 16.0 Å². The predicted molar refractivity (Wildman–Crippen MR) is 130 cm³/mol. The summed E-state index contributed by atoms with van der Waals surface area (Å²) in [6, 6.07) is 6.46. The van der Waals surface area contributed by atoms with Gasteiger partial charge in [-0.2, -0.15) is 0 Å². The molecule has 0 atom stereocenters. The minimum atomic E-state index is -0.322. The first kappa shape index (κ1) is 23.7. The molecular weight excluding hydrogens is 478 g/mol. The molecule has 2 N–H and O–H groups in total. The van der Waals surface area contributed by atoms with Gasteiger partial charge in [-0.15, -0.1) is 11.3 Å². The molecule has 3 heterocycles. The van der Waals surface area contributed by atoms with Gasteiger partial charge in [0.1, 0.15) is 11.6 Å². The fourth-order valence-corrected chi connectivity index (χ4v) is 4.35. The number of hydrogen-bond acceptors (Lipinski definition) is 7. The Hall–Kier alpha value is -3.50. The number of amides is 2. The van der Waals surface area contributed by atoms with Crippen molar-refractivity contribution in [1.82, 2.24) is 19.9 Å². The van der Waals surface area contributed by atoms with Gasteiger partial charge in [0, 0.05) is 16.9 Å². The highest BCUT2D eigenvalue weighted by Gasteiger charge is 2.19. The molecule has 1 aromatic carbocycles. The highest BCUT2D eigenvalue weighted by atomic mass is 35.5. The number of thiazole rings is 1. The third-order valence-electron chi connectivity index (χ3n) is 5.11. The standard InChI is InChI=1S/C23H22ClN5O4S/c1-3-7-29(11-19-26-18-9-14(24)4-5-17(18)22(32)27-19)20(30)10-15-12-34-23(25-15)28-21(31)16-6-8-33-13(16)2/h4-6,8-9,12H,3,7,10-11H2,1-2H3,(H,25,28,31)(H,26,27,32). The van der Waals surface area contributed by atoms with E-state index in [0.717, 1.165) is 6.42 Å². The Morgan fingerprint density at radius 3 is 2.82 bits per heavy atom. The fourth-order valence-electron chi connectivity index (χ4n) is 3.48. The van der Waals surface area contributed by atoms with Crippen molar-refractivity contribution in [3.8, 4) is 0 Å². The van der Waals surface area contributed by atoms with Crippen LogP contribution in [0.2, 0.25) is 5.02 Å². The summed E-state index contributed by atoms with van der Waals surface area (Å²) in [7, 11) is 0. The molecule has 2 amide bonds. The van der Waals surface area contributed by atoms with Gasteiger partial charge in [0.15, 0.2) is 5.13 Å². The maximum atomic E-state index is 13.0. The molecule has 0 saturated heterocycles. The van der Waals surface area contributed by atoms with Crippen molar-refractivity contribution in [3.63, 3.8) is 0 Å². The Morgan fingerprint density at radius 1 is 1.26 bits per heavy atom. The summed E-state index contributed by atoms with van der Waals surface area (Å²) in [5.41, 5.74) is 1.17. The highest BCUT2D eigenvalue weighted by Crippen LogP contribution is 2.19. The average molecular weight is 500 g/mol. The van der Waals surface area contributed by atoms with Crippen molar-refractivity contribution in [2.24, 2.45) is 0 Å². The van der Waals surface area contributed by atoms with Crippen LogP contribution in [0.25, 0.3) is 10.9 Å². The third-order valence-corrected chi connectivity index (χ3v) is 6.15. The van der Waals surface area contributed by atoms with Crippen LogP contribution in [-0.2, 0) is 17.8 Å². The van der Waals surface area contributed by atoms with E-state index in [1.54, 1.807) is 41.5 Å². The lowest BCUT2D eigenvalue weighted by Gasteiger charge is -2.21. The average Bonchev–Trinajstić information content (AvgIpc) is 3.41. The summed E-state index contributed by atoms with van der Waals surface area (Å²) in [5.74, 6) is 0.410. The van der Waals surface area contributed by atoms with Crippen molar-refractivity contribution in [3.05, 3.63) is 74.1 Å². The predicted octanol–water partition coefficient (Wildman–Crippen LogP) is 4.17. The number of benzene rings is 1. The molecule has 3 aromatic heterocycles. The van der Waals surface area contributed by atoms with Crippen LogP contribution in [0.3, 0.4) is 0 Å². The van der Waals surface area contributed by atoms with Gasteiger partial charge >= 0.3 is 0 Å². The van der Waals surface area contributed by atoms with Gasteiger partial charge in [0.25, 0.3) is 11.5 Å². The zero-order valence-electron chi connectivity index (χ0n) is 18.6. The van der Waals surface area contributed by atoms with Crippen molar-refractivity contribution >= 4 is 50.8 Å². The van der Waals surface area contributed by atoms with Gasteiger partial charge < -0.3 is 14.3 Å². The first-order valence-electron chi connectivity index (χ1n) is 10.6. The number of hydrogen-bond donors (Lipinski definition) is 2. The molecule has 176 valence electrons. The summed E-state index contributed by atoms with van der Waals surface area (Å²) in [6.07, 6.45) is 2.24. The Balaban J connectivity index is 1.45. The number of carbonyl (C=O) groups is 2. The lowest BCUT2D eigenvalue weighted by atomic mass is 10.2. The molecule has 9 nitrogen and oxygen atoms in total. The maximum absolute atomic E-state index is 13.0. The number of rotatable bonds is 8. The lowest BCUT2D eigenvalue weighted by molar-refractivity contribution is -0.131. The van der Waals surface area contributed by atoms with Gasteiger partial charge in [0.05, 0.1) is 41.4 Å². The minimum Gasteiger partial charge on any atom is -0.469 e. The quantitative estimate of drug-likeness (QED) is 0.375. The topological polar surface area (TPSA) is 121 Å². The Kier molecular flexibility index (Phi) is 7.09. The van der Waals surface area contributed by atoms with E-state index in [0.29, 0.717) is 50.4 Å². The summed E-state index contributed by atoms with van der Waals surface area (Å²) in [5, 5.41) is 5.77. The molecule has 4 rings (SSSR count). The van der Waals surface area contributed by atoms with Crippen LogP contribution >= 0.6 is 22.9 Å². The van der Waals surface area contributed by atoms with Crippen molar-refractivity contribution < 1.29 is 14.0 Å². The molecule has 4 aromatic rings. The first-order chi connectivity index (χ1) is 16.3. The Bertz CT molecular complexity index is 1410. The SMILES string of the molecule is CCCN(Cc1nc2cc(Cl)ccc2c(=O)[nH]1)C(=O)Cc1csc(NC(=O)c2ccoc2C)n1. The van der Waals surface area contributed by atoms with Crippen molar-refractivity contribution in [2.45, 2.75) is 33.2 Å². The minimum absolute atomic E-state index is 0.0563. The fraction of sp³-hybridized carbons (Fsp3) is 0.261. The summed E-state index contributed by atoms with van der Waals surface area (Å²) in [6.45, 7) is 4.31. The van der Waals surface area contributed by atoms with Crippen LogP contribution in [0.5, 0.6) is 0 Å². The van der Waals surface area contributed by atoms with Crippen LogP contribution in [0, 0.1) is 6.92 Å². The third kappa shape index (κ3) is 5.35. The van der Waals surface area contributed by atoms with Crippen LogP contribution in [0.15, 0.2) is 45.1 Å². The van der Waals surface area contributed by atoms with E-state index >= 15 is 0 Å². The number of halogens is 1. The first-order valence-corrected chi connectivity index (χ1v) is 11.9. The van der Waals surface area contributed by atoms with Gasteiger partial charge in [-0.1, -0.05) is 18.5 Å². The zero-order chi connectivity index (χ0) is 24.2. The molecule has 0 unspecified atom stereocenters. The van der Waals surface area contributed by atoms with Gasteiger partial charge in [0.2, 0.25) is 5.91 Å². The number of fused-ring (bicyclic) bond motifs is 1. The van der Waals surface area contributed by atoms with Gasteiger partial charge in [-0.25, -0.2) is 9.97 Å². The normalized spacial score (nSPS) is 11.0. The molecular formula is C23H22ClN5O4S. The molecule has 0 aliphatic rings. The smallest absolute Gasteiger partial charge is 0.260 e. The second-order valence-corrected chi connectivity index (χ2v) is 8.95. The molecule has 34 heavy (non-hydrogen) atoms.